The van der Waals surface area contributed by atoms with Gasteiger partial charge < -0.3 is 20.1 Å². The molecule has 0 aliphatic carbocycles. The van der Waals surface area contributed by atoms with Crippen molar-refractivity contribution in [2.24, 2.45) is 0 Å². The molecule has 0 amide bonds. The van der Waals surface area contributed by atoms with Gasteiger partial charge in [-0.25, -0.2) is 0 Å². The molecule has 118 valence electrons. The van der Waals surface area contributed by atoms with Crippen LogP contribution in [0.25, 0.3) is 0 Å². The number of nitrogens with zero attached hydrogens (tertiary/aromatic N) is 2. The number of nitrogens with one attached hydrogen (secondary N) is 1. The molecule has 0 bridgehead atoms. The standard InChI is InChI=1S/C17H23N3O2/c1-20(2)12-16(21)13-22-17-5-3-15(4-6-17)19-11-14-7-9-18-10-8-14/h3-10,16,19,21H,11-13H2,1-2H3. The molecule has 0 aliphatic heterocycles. The molecule has 1 atom stereocenters. The first-order valence-corrected chi connectivity index (χ1v) is 7.32. The molecule has 0 saturated heterocycles. The zero-order valence-corrected chi connectivity index (χ0v) is 13.1. The number of aliphatic hydroxyl groups excluding tert-OH is 1. The third kappa shape index (κ3) is 5.71. The minimum Gasteiger partial charge on any atom is -0.491 e. The molecule has 0 radical (unpaired) electrons. The van der Waals surface area contributed by atoms with Crippen LogP contribution >= 0.6 is 0 Å². The van der Waals surface area contributed by atoms with Crippen molar-refractivity contribution in [1.82, 2.24) is 9.88 Å². The van der Waals surface area contributed by atoms with Gasteiger partial charge in [0.15, 0.2) is 0 Å². The summed E-state index contributed by atoms with van der Waals surface area (Å²) < 4.78 is 5.57. The first-order valence-electron chi connectivity index (χ1n) is 7.32. The Labute approximate surface area is 131 Å². The van der Waals surface area contributed by atoms with Crippen LogP contribution in [0.3, 0.4) is 0 Å². The van der Waals surface area contributed by atoms with E-state index in [4.69, 9.17) is 4.74 Å². The molecule has 1 unspecified atom stereocenters. The molecule has 5 nitrogen and oxygen atoms in total. The van der Waals surface area contributed by atoms with E-state index in [1.165, 1.54) is 5.56 Å². The van der Waals surface area contributed by atoms with Gasteiger partial charge in [-0.1, -0.05) is 0 Å². The Bertz CT molecular complexity index is 544. The highest BCUT2D eigenvalue weighted by molar-refractivity contribution is 5.46. The average Bonchev–Trinajstić information content (AvgIpc) is 2.52. The maximum absolute atomic E-state index is 9.76. The number of hydrogen-bond donors (Lipinski definition) is 2. The summed E-state index contributed by atoms with van der Waals surface area (Å²) in [4.78, 5) is 5.93. The smallest absolute Gasteiger partial charge is 0.119 e. The van der Waals surface area contributed by atoms with Crippen LogP contribution in [0.2, 0.25) is 0 Å². The summed E-state index contributed by atoms with van der Waals surface area (Å²) in [6.45, 7) is 1.64. The number of rotatable bonds is 8. The predicted molar refractivity (Wildman–Crippen MR) is 88.1 cm³/mol. The Morgan fingerprint density at radius 2 is 1.82 bits per heavy atom. The molecule has 1 aromatic carbocycles. The largest absolute Gasteiger partial charge is 0.491 e. The van der Waals surface area contributed by atoms with Gasteiger partial charge in [0, 0.05) is 31.2 Å². The molecule has 5 heteroatoms. The van der Waals surface area contributed by atoms with Gasteiger partial charge in [-0.2, -0.15) is 0 Å². The number of anilines is 1. The lowest BCUT2D eigenvalue weighted by atomic mass is 10.2. The van der Waals surface area contributed by atoms with Gasteiger partial charge >= 0.3 is 0 Å². The van der Waals surface area contributed by atoms with Crippen molar-refractivity contribution in [1.29, 1.82) is 0 Å². The van der Waals surface area contributed by atoms with Crippen LogP contribution in [-0.2, 0) is 6.54 Å². The van der Waals surface area contributed by atoms with Crippen LogP contribution in [0, 0.1) is 0 Å². The monoisotopic (exact) mass is 301 g/mol. The van der Waals surface area contributed by atoms with Crippen molar-refractivity contribution in [2.75, 3.05) is 32.6 Å². The predicted octanol–water partition coefficient (Wildman–Crippen LogP) is 1.99. The normalized spacial score (nSPS) is 12.2. The second-order valence-electron chi connectivity index (χ2n) is 5.46. The van der Waals surface area contributed by atoms with Crippen molar-refractivity contribution in [3.8, 4) is 5.75 Å². The maximum Gasteiger partial charge on any atom is 0.119 e. The molecule has 22 heavy (non-hydrogen) atoms. The highest BCUT2D eigenvalue weighted by atomic mass is 16.5. The quantitative estimate of drug-likeness (QED) is 0.781. The lowest BCUT2D eigenvalue weighted by molar-refractivity contribution is 0.0831. The second kappa shape index (κ2) is 8.36. The van der Waals surface area contributed by atoms with E-state index in [1.54, 1.807) is 12.4 Å². The summed E-state index contributed by atoms with van der Waals surface area (Å²) in [5, 5.41) is 13.1. The summed E-state index contributed by atoms with van der Waals surface area (Å²) in [7, 11) is 3.85. The van der Waals surface area contributed by atoms with E-state index in [1.807, 2.05) is 55.4 Å². The van der Waals surface area contributed by atoms with Crippen molar-refractivity contribution >= 4 is 5.69 Å². The van der Waals surface area contributed by atoms with E-state index >= 15 is 0 Å². The SMILES string of the molecule is CN(C)CC(O)COc1ccc(NCc2ccncc2)cc1. The topological polar surface area (TPSA) is 57.6 Å². The minimum absolute atomic E-state index is 0.294. The number of aromatic nitrogens is 1. The highest BCUT2D eigenvalue weighted by Gasteiger charge is 2.06. The van der Waals surface area contributed by atoms with Gasteiger partial charge in [0.05, 0.1) is 0 Å². The Hall–Kier alpha value is -2.11. The minimum atomic E-state index is -0.487. The number of benzene rings is 1. The maximum atomic E-state index is 9.76. The second-order valence-corrected chi connectivity index (χ2v) is 5.46. The molecule has 0 aliphatic rings. The fourth-order valence-electron chi connectivity index (χ4n) is 2.04. The summed E-state index contributed by atoms with van der Waals surface area (Å²) >= 11 is 0. The van der Waals surface area contributed by atoms with Gasteiger partial charge in [-0.05, 0) is 56.1 Å². The van der Waals surface area contributed by atoms with Crippen LogP contribution in [0.15, 0.2) is 48.8 Å². The summed E-state index contributed by atoms with van der Waals surface area (Å²) in [6, 6.07) is 11.7. The lowest BCUT2D eigenvalue weighted by Gasteiger charge is -2.16. The van der Waals surface area contributed by atoms with Gasteiger partial charge in [-0.3, -0.25) is 4.98 Å². The number of pyridine rings is 1. The van der Waals surface area contributed by atoms with Crippen LogP contribution in [0.1, 0.15) is 5.56 Å². The van der Waals surface area contributed by atoms with Gasteiger partial charge in [0.2, 0.25) is 0 Å². The summed E-state index contributed by atoms with van der Waals surface area (Å²) in [6.07, 6.45) is 3.08. The Balaban J connectivity index is 1.78. The first-order chi connectivity index (χ1) is 10.6. The Morgan fingerprint density at radius 1 is 1.14 bits per heavy atom. The third-order valence-corrected chi connectivity index (χ3v) is 3.12. The van der Waals surface area contributed by atoms with Crippen molar-refractivity contribution in [3.63, 3.8) is 0 Å². The van der Waals surface area contributed by atoms with E-state index in [-0.39, 0.29) is 0 Å². The lowest BCUT2D eigenvalue weighted by Crippen LogP contribution is -2.30. The molecule has 0 saturated carbocycles. The molecule has 1 heterocycles. The molecule has 2 rings (SSSR count). The number of likely N-dealkylation sites (N-methyl/N-ethyl adjacent to an activating group) is 1. The fourth-order valence-corrected chi connectivity index (χ4v) is 2.04. The van der Waals surface area contributed by atoms with Crippen LogP contribution in [0.4, 0.5) is 5.69 Å². The van der Waals surface area contributed by atoms with Crippen LogP contribution in [-0.4, -0.2) is 48.3 Å². The molecule has 1 aromatic heterocycles. The number of hydrogen-bond acceptors (Lipinski definition) is 5. The molecular weight excluding hydrogens is 278 g/mol. The highest BCUT2D eigenvalue weighted by Crippen LogP contribution is 2.16. The van der Waals surface area contributed by atoms with Crippen LogP contribution < -0.4 is 10.1 Å². The fraction of sp³-hybridized carbons (Fsp3) is 0.353. The Kier molecular flexibility index (Phi) is 6.18. The van der Waals surface area contributed by atoms with Crippen LogP contribution in [0.5, 0.6) is 5.75 Å². The summed E-state index contributed by atoms with van der Waals surface area (Å²) in [5.74, 6) is 0.757. The van der Waals surface area contributed by atoms with Crippen molar-refractivity contribution in [3.05, 3.63) is 54.4 Å². The van der Waals surface area contributed by atoms with Crippen molar-refractivity contribution in [2.45, 2.75) is 12.6 Å². The number of ether oxygens (including phenoxy) is 1. The molecule has 0 fully saturated rings. The molecule has 0 spiro atoms. The van der Waals surface area contributed by atoms with Crippen molar-refractivity contribution < 1.29 is 9.84 Å². The van der Waals surface area contributed by atoms with E-state index in [2.05, 4.69) is 10.3 Å². The van der Waals surface area contributed by atoms with Gasteiger partial charge in [0.1, 0.15) is 18.5 Å². The van der Waals surface area contributed by atoms with E-state index in [9.17, 15) is 5.11 Å². The first kappa shape index (κ1) is 16.3. The van der Waals surface area contributed by atoms with Gasteiger partial charge in [0.25, 0.3) is 0 Å². The number of aliphatic hydroxyl groups is 1. The van der Waals surface area contributed by atoms with E-state index in [0.29, 0.717) is 13.2 Å². The van der Waals surface area contributed by atoms with Gasteiger partial charge in [-0.15, -0.1) is 0 Å². The molecular formula is C17H23N3O2. The summed E-state index contributed by atoms with van der Waals surface area (Å²) in [5.41, 5.74) is 2.21. The third-order valence-electron chi connectivity index (χ3n) is 3.12. The zero-order valence-electron chi connectivity index (χ0n) is 13.1. The van der Waals surface area contributed by atoms with E-state index in [0.717, 1.165) is 18.0 Å². The Morgan fingerprint density at radius 3 is 2.45 bits per heavy atom. The molecule has 2 aromatic rings. The average molecular weight is 301 g/mol. The van der Waals surface area contributed by atoms with E-state index < -0.39 is 6.10 Å². The zero-order chi connectivity index (χ0) is 15.8. The molecule has 2 N–H and O–H groups in total.